The molecular formula is C25H36BrN3O3. The number of aromatic nitrogens is 1. The van der Waals surface area contributed by atoms with Crippen LogP contribution in [0.2, 0.25) is 0 Å². The van der Waals surface area contributed by atoms with E-state index in [9.17, 15) is 9.59 Å². The van der Waals surface area contributed by atoms with Crippen LogP contribution in [0.25, 0.3) is 0 Å². The predicted octanol–water partition coefficient (Wildman–Crippen LogP) is 4.56. The predicted molar refractivity (Wildman–Crippen MR) is 131 cm³/mol. The quantitative estimate of drug-likeness (QED) is 0.400. The zero-order chi connectivity index (χ0) is 23.5. The molecule has 1 heterocycles. The molecule has 32 heavy (non-hydrogen) atoms. The summed E-state index contributed by atoms with van der Waals surface area (Å²) in [6, 6.07) is 12.3. The van der Waals surface area contributed by atoms with E-state index in [0.717, 1.165) is 29.6 Å². The summed E-state index contributed by atoms with van der Waals surface area (Å²) in [5.74, 6) is -0.212. The molecule has 0 saturated heterocycles. The standard InChI is InChI=1S/C25H36BrN3O3/c1-5-6-13-28(24(30)19-29(15-16-32-4)25(31)20(2)3)18-23-8-7-14-27(23)17-21-9-11-22(26)12-10-21/h7-12,14,20H,5-6,13,15-19H2,1-4H3. The Bertz CT molecular complexity index is 848. The highest BCUT2D eigenvalue weighted by molar-refractivity contribution is 9.10. The lowest BCUT2D eigenvalue weighted by Gasteiger charge is -2.29. The van der Waals surface area contributed by atoms with E-state index in [4.69, 9.17) is 4.74 Å². The third-order valence-corrected chi connectivity index (χ3v) is 5.90. The number of unbranched alkanes of at least 4 members (excludes halogenated alkanes) is 1. The van der Waals surface area contributed by atoms with Crippen molar-refractivity contribution in [2.24, 2.45) is 5.92 Å². The van der Waals surface area contributed by atoms with Crippen molar-refractivity contribution in [3.05, 3.63) is 58.3 Å². The number of halogens is 1. The molecule has 0 aliphatic carbocycles. The zero-order valence-corrected chi connectivity index (χ0v) is 21.3. The molecule has 1 aromatic carbocycles. The highest BCUT2D eigenvalue weighted by Gasteiger charge is 2.23. The Morgan fingerprint density at radius 2 is 1.81 bits per heavy atom. The largest absolute Gasteiger partial charge is 0.383 e. The smallest absolute Gasteiger partial charge is 0.242 e. The number of amides is 2. The fraction of sp³-hybridized carbons (Fsp3) is 0.520. The van der Waals surface area contributed by atoms with E-state index in [1.54, 1.807) is 12.0 Å². The summed E-state index contributed by atoms with van der Waals surface area (Å²) in [6.45, 7) is 8.69. The first kappa shape index (κ1) is 26.1. The monoisotopic (exact) mass is 505 g/mol. The molecule has 0 aliphatic heterocycles. The number of rotatable bonds is 13. The number of hydrogen-bond acceptors (Lipinski definition) is 3. The first-order valence-electron chi connectivity index (χ1n) is 11.3. The number of hydrogen-bond donors (Lipinski definition) is 0. The van der Waals surface area contributed by atoms with E-state index in [1.807, 2.05) is 43.1 Å². The number of nitrogens with zero attached hydrogens (tertiary/aromatic N) is 3. The molecule has 0 radical (unpaired) electrons. The Hall–Kier alpha value is -2.12. The summed E-state index contributed by atoms with van der Waals surface area (Å²) < 4.78 is 8.38. The molecule has 0 saturated carbocycles. The molecule has 0 atom stereocenters. The van der Waals surface area contributed by atoms with E-state index in [-0.39, 0.29) is 24.3 Å². The normalized spacial score (nSPS) is 11.1. The maximum Gasteiger partial charge on any atom is 0.242 e. The molecule has 0 N–H and O–H groups in total. The topological polar surface area (TPSA) is 54.8 Å². The van der Waals surface area contributed by atoms with E-state index in [1.165, 1.54) is 5.56 Å². The van der Waals surface area contributed by atoms with Gasteiger partial charge >= 0.3 is 0 Å². The third kappa shape index (κ3) is 8.10. The van der Waals surface area contributed by atoms with Crippen LogP contribution in [0.4, 0.5) is 0 Å². The first-order valence-corrected chi connectivity index (χ1v) is 12.1. The molecule has 2 aromatic rings. The van der Waals surface area contributed by atoms with Crippen molar-refractivity contribution in [1.82, 2.24) is 14.4 Å². The Morgan fingerprint density at radius 3 is 2.44 bits per heavy atom. The van der Waals surface area contributed by atoms with Crippen molar-refractivity contribution >= 4 is 27.7 Å². The van der Waals surface area contributed by atoms with Gasteiger partial charge in [-0.05, 0) is 36.2 Å². The molecule has 2 rings (SSSR count). The van der Waals surface area contributed by atoms with Gasteiger partial charge in [0.2, 0.25) is 11.8 Å². The van der Waals surface area contributed by atoms with Gasteiger partial charge in [-0.15, -0.1) is 0 Å². The van der Waals surface area contributed by atoms with Crippen molar-refractivity contribution in [1.29, 1.82) is 0 Å². The number of ether oxygens (including phenoxy) is 1. The fourth-order valence-electron chi connectivity index (χ4n) is 3.47. The van der Waals surface area contributed by atoms with Crippen LogP contribution in [0, 0.1) is 5.92 Å². The molecule has 0 bridgehead atoms. The minimum absolute atomic E-state index is 0.0237. The Balaban J connectivity index is 2.13. The van der Waals surface area contributed by atoms with Crippen molar-refractivity contribution in [3.63, 3.8) is 0 Å². The van der Waals surface area contributed by atoms with Crippen LogP contribution in [0.15, 0.2) is 47.1 Å². The van der Waals surface area contributed by atoms with Gasteiger partial charge in [0.25, 0.3) is 0 Å². The van der Waals surface area contributed by atoms with Gasteiger partial charge in [0.15, 0.2) is 0 Å². The van der Waals surface area contributed by atoms with Gasteiger partial charge in [-0.25, -0.2) is 0 Å². The van der Waals surface area contributed by atoms with E-state index in [2.05, 4.69) is 45.6 Å². The third-order valence-electron chi connectivity index (χ3n) is 5.37. The average molecular weight is 506 g/mol. The molecule has 6 nitrogen and oxygen atoms in total. The molecule has 0 spiro atoms. The SMILES string of the molecule is CCCCN(Cc1cccn1Cc1ccc(Br)cc1)C(=O)CN(CCOC)C(=O)C(C)C. The Kier molecular flexibility index (Phi) is 11.0. The highest BCUT2D eigenvalue weighted by atomic mass is 79.9. The molecule has 0 unspecified atom stereocenters. The lowest BCUT2D eigenvalue weighted by Crippen LogP contribution is -2.45. The lowest BCUT2D eigenvalue weighted by atomic mass is 10.2. The van der Waals surface area contributed by atoms with Gasteiger partial charge in [0, 0.05) is 49.0 Å². The molecule has 0 aliphatic rings. The first-order chi connectivity index (χ1) is 15.3. The van der Waals surface area contributed by atoms with Crippen molar-refractivity contribution in [2.45, 2.75) is 46.7 Å². The summed E-state index contributed by atoms with van der Waals surface area (Å²) >= 11 is 3.48. The van der Waals surface area contributed by atoms with Crippen LogP contribution < -0.4 is 0 Å². The highest BCUT2D eigenvalue weighted by Crippen LogP contribution is 2.15. The molecule has 7 heteroatoms. The van der Waals surface area contributed by atoms with E-state index < -0.39 is 0 Å². The number of benzene rings is 1. The summed E-state index contributed by atoms with van der Waals surface area (Å²) in [6.07, 6.45) is 3.98. The Labute approximate surface area is 200 Å². The molecule has 0 fully saturated rings. The second kappa shape index (κ2) is 13.4. The van der Waals surface area contributed by atoms with Crippen LogP contribution in [-0.4, -0.2) is 59.5 Å². The van der Waals surface area contributed by atoms with Crippen molar-refractivity contribution < 1.29 is 14.3 Å². The maximum atomic E-state index is 13.3. The van der Waals surface area contributed by atoms with Crippen molar-refractivity contribution in [3.8, 4) is 0 Å². The minimum atomic E-state index is -0.160. The lowest BCUT2D eigenvalue weighted by molar-refractivity contribution is -0.143. The molecule has 176 valence electrons. The van der Waals surface area contributed by atoms with Gasteiger partial charge < -0.3 is 19.1 Å². The Morgan fingerprint density at radius 1 is 1.09 bits per heavy atom. The number of carbonyl (C=O) groups excluding carboxylic acids is 2. The second-order valence-electron chi connectivity index (χ2n) is 8.33. The van der Waals surface area contributed by atoms with Gasteiger partial charge in [-0.2, -0.15) is 0 Å². The summed E-state index contributed by atoms with van der Waals surface area (Å²) in [5.41, 5.74) is 2.28. The summed E-state index contributed by atoms with van der Waals surface area (Å²) in [7, 11) is 1.60. The zero-order valence-electron chi connectivity index (χ0n) is 19.7. The van der Waals surface area contributed by atoms with Crippen LogP contribution in [0.1, 0.15) is 44.9 Å². The average Bonchev–Trinajstić information content (AvgIpc) is 3.21. The van der Waals surface area contributed by atoms with Gasteiger partial charge in [-0.1, -0.05) is 55.3 Å². The summed E-state index contributed by atoms with van der Waals surface area (Å²) in [5, 5.41) is 0. The van der Waals surface area contributed by atoms with Crippen molar-refractivity contribution in [2.75, 3.05) is 33.4 Å². The summed E-state index contributed by atoms with van der Waals surface area (Å²) in [4.78, 5) is 29.4. The minimum Gasteiger partial charge on any atom is -0.383 e. The molecular weight excluding hydrogens is 470 g/mol. The van der Waals surface area contributed by atoms with E-state index in [0.29, 0.717) is 26.2 Å². The van der Waals surface area contributed by atoms with Crippen LogP contribution >= 0.6 is 15.9 Å². The fourth-order valence-corrected chi connectivity index (χ4v) is 3.73. The number of methoxy groups -OCH3 is 1. The van der Waals surface area contributed by atoms with Crippen LogP contribution in [0.3, 0.4) is 0 Å². The van der Waals surface area contributed by atoms with E-state index >= 15 is 0 Å². The second-order valence-corrected chi connectivity index (χ2v) is 9.25. The van der Waals surface area contributed by atoms with Gasteiger partial charge in [0.05, 0.1) is 19.7 Å². The van der Waals surface area contributed by atoms with Gasteiger partial charge in [0.1, 0.15) is 0 Å². The molecule has 1 aromatic heterocycles. The maximum absolute atomic E-state index is 13.3. The van der Waals surface area contributed by atoms with Gasteiger partial charge in [-0.3, -0.25) is 9.59 Å². The number of carbonyl (C=O) groups is 2. The van der Waals surface area contributed by atoms with Crippen LogP contribution in [0.5, 0.6) is 0 Å². The molecule has 2 amide bonds. The van der Waals surface area contributed by atoms with Crippen LogP contribution in [-0.2, 0) is 27.4 Å².